The van der Waals surface area contributed by atoms with E-state index >= 15 is 0 Å². The molecular formula is C20H24FN3O3. The van der Waals surface area contributed by atoms with Crippen molar-refractivity contribution in [3.63, 3.8) is 0 Å². The minimum atomic E-state index is -0.494. The first-order chi connectivity index (χ1) is 13.2. The third-order valence-electron chi connectivity index (χ3n) is 4.51. The van der Waals surface area contributed by atoms with E-state index in [2.05, 4.69) is 10.6 Å². The summed E-state index contributed by atoms with van der Waals surface area (Å²) in [6, 6.07) is 13.3. The number of amides is 2. The predicted molar refractivity (Wildman–Crippen MR) is 101 cm³/mol. The minimum Gasteiger partial charge on any atom is -0.394 e. The van der Waals surface area contributed by atoms with Gasteiger partial charge in [0.05, 0.1) is 31.5 Å². The number of anilines is 1. The van der Waals surface area contributed by atoms with Crippen molar-refractivity contribution in [2.75, 3.05) is 37.8 Å². The molecule has 7 heteroatoms. The number of nitrogens with one attached hydrogen (secondary N) is 2. The van der Waals surface area contributed by atoms with Gasteiger partial charge in [-0.15, -0.1) is 0 Å². The van der Waals surface area contributed by atoms with Crippen LogP contribution in [0.15, 0.2) is 48.5 Å². The quantitative estimate of drug-likeness (QED) is 0.726. The van der Waals surface area contributed by atoms with Crippen LogP contribution in [0.4, 0.5) is 14.9 Å². The maximum Gasteiger partial charge on any atom is 0.315 e. The largest absolute Gasteiger partial charge is 0.394 e. The van der Waals surface area contributed by atoms with Gasteiger partial charge in [-0.25, -0.2) is 9.18 Å². The molecule has 0 spiro atoms. The molecule has 0 unspecified atom stereocenters. The summed E-state index contributed by atoms with van der Waals surface area (Å²) in [5.41, 5.74) is 2.03. The molecule has 144 valence electrons. The summed E-state index contributed by atoms with van der Waals surface area (Å²) in [7, 11) is 0. The fourth-order valence-corrected chi connectivity index (χ4v) is 3.03. The molecular weight excluding hydrogens is 349 g/mol. The molecule has 1 aliphatic heterocycles. The Balaban J connectivity index is 1.54. The highest BCUT2D eigenvalue weighted by Gasteiger charge is 2.16. The van der Waals surface area contributed by atoms with E-state index in [-0.39, 0.29) is 19.0 Å². The number of ether oxygens (including phenoxy) is 1. The van der Waals surface area contributed by atoms with E-state index in [4.69, 9.17) is 4.74 Å². The number of hydrogen-bond acceptors (Lipinski definition) is 4. The molecule has 1 saturated heterocycles. The van der Waals surface area contributed by atoms with Crippen LogP contribution in [0.3, 0.4) is 0 Å². The van der Waals surface area contributed by atoms with Gasteiger partial charge >= 0.3 is 6.03 Å². The van der Waals surface area contributed by atoms with E-state index in [9.17, 15) is 14.3 Å². The van der Waals surface area contributed by atoms with E-state index in [1.807, 2.05) is 35.2 Å². The zero-order valence-corrected chi connectivity index (χ0v) is 15.0. The second-order valence-corrected chi connectivity index (χ2v) is 6.36. The highest BCUT2D eigenvalue weighted by atomic mass is 19.1. The second kappa shape index (κ2) is 9.34. The molecule has 1 fully saturated rings. The summed E-state index contributed by atoms with van der Waals surface area (Å²) in [6.45, 7) is 2.50. The molecule has 3 rings (SSSR count). The maximum absolute atomic E-state index is 14.4. The van der Waals surface area contributed by atoms with Crippen molar-refractivity contribution in [1.29, 1.82) is 0 Å². The molecule has 2 aromatic rings. The SMILES string of the molecule is O=C(NCc1ccc(N2CCOCC2)c(F)c1)N[C@@H](CO)c1ccccc1. The number of aliphatic hydroxyl groups excluding tert-OH is 1. The van der Waals surface area contributed by atoms with E-state index in [1.165, 1.54) is 6.07 Å². The number of halogens is 1. The van der Waals surface area contributed by atoms with Crippen LogP contribution in [-0.2, 0) is 11.3 Å². The molecule has 2 amide bonds. The predicted octanol–water partition coefficient (Wildman–Crippen LogP) is 2.20. The number of carbonyl (C=O) groups excluding carboxylic acids is 1. The van der Waals surface area contributed by atoms with Crippen LogP contribution < -0.4 is 15.5 Å². The van der Waals surface area contributed by atoms with Gasteiger partial charge in [-0.2, -0.15) is 0 Å². The zero-order chi connectivity index (χ0) is 19.1. The van der Waals surface area contributed by atoms with Crippen LogP contribution in [0, 0.1) is 5.82 Å². The monoisotopic (exact) mass is 373 g/mol. The Bertz CT molecular complexity index is 751. The van der Waals surface area contributed by atoms with E-state index < -0.39 is 12.1 Å². The fourth-order valence-electron chi connectivity index (χ4n) is 3.03. The van der Waals surface area contributed by atoms with Gasteiger partial charge in [0.15, 0.2) is 0 Å². The van der Waals surface area contributed by atoms with Crippen LogP contribution in [0.2, 0.25) is 0 Å². The van der Waals surface area contributed by atoms with Gasteiger partial charge in [-0.3, -0.25) is 0 Å². The maximum atomic E-state index is 14.4. The van der Waals surface area contributed by atoms with Crippen molar-refractivity contribution in [3.05, 3.63) is 65.5 Å². The van der Waals surface area contributed by atoms with Crippen molar-refractivity contribution in [1.82, 2.24) is 10.6 Å². The van der Waals surface area contributed by atoms with Gasteiger partial charge in [0.1, 0.15) is 5.82 Å². The Morgan fingerprint density at radius 3 is 2.59 bits per heavy atom. The Kier molecular flexibility index (Phi) is 6.62. The molecule has 0 saturated carbocycles. The first kappa shape index (κ1) is 19.1. The Morgan fingerprint density at radius 1 is 1.19 bits per heavy atom. The summed E-state index contributed by atoms with van der Waals surface area (Å²) in [4.78, 5) is 14.1. The lowest BCUT2D eigenvalue weighted by Gasteiger charge is -2.29. The van der Waals surface area contributed by atoms with Crippen molar-refractivity contribution >= 4 is 11.7 Å². The van der Waals surface area contributed by atoms with Crippen molar-refractivity contribution in [2.24, 2.45) is 0 Å². The summed E-state index contributed by atoms with van der Waals surface area (Å²) in [5.74, 6) is -0.311. The standard InChI is InChI=1S/C20H24FN3O3/c21-17-12-15(6-7-19(17)24-8-10-27-11-9-24)13-22-20(26)23-18(14-25)16-4-2-1-3-5-16/h1-7,12,18,25H,8-11,13-14H2,(H2,22,23,26)/t18-/m0/s1. The van der Waals surface area contributed by atoms with Crippen molar-refractivity contribution in [3.8, 4) is 0 Å². The molecule has 0 bridgehead atoms. The van der Waals surface area contributed by atoms with Crippen LogP contribution in [0.5, 0.6) is 0 Å². The lowest BCUT2D eigenvalue weighted by atomic mass is 10.1. The Labute approximate surface area is 157 Å². The highest BCUT2D eigenvalue weighted by molar-refractivity contribution is 5.74. The number of nitrogens with zero attached hydrogens (tertiary/aromatic N) is 1. The molecule has 1 heterocycles. The summed E-state index contributed by atoms with van der Waals surface area (Å²) >= 11 is 0. The van der Waals surface area contributed by atoms with Gasteiger partial charge in [-0.1, -0.05) is 36.4 Å². The van der Waals surface area contributed by atoms with E-state index in [1.54, 1.807) is 12.1 Å². The lowest BCUT2D eigenvalue weighted by Crippen LogP contribution is -2.39. The first-order valence-electron chi connectivity index (χ1n) is 8.98. The van der Waals surface area contributed by atoms with Crippen LogP contribution in [0.25, 0.3) is 0 Å². The summed E-state index contributed by atoms with van der Waals surface area (Å²) in [5, 5.41) is 14.9. The minimum absolute atomic E-state index is 0.194. The Hall–Kier alpha value is -2.64. The number of aliphatic hydroxyl groups is 1. The number of rotatable bonds is 6. The van der Waals surface area contributed by atoms with Crippen LogP contribution in [-0.4, -0.2) is 44.0 Å². The molecule has 1 aliphatic rings. The molecule has 1 atom stereocenters. The van der Waals surface area contributed by atoms with E-state index in [0.29, 0.717) is 37.6 Å². The third kappa shape index (κ3) is 5.18. The third-order valence-corrected chi connectivity index (χ3v) is 4.51. The summed E-state index contributed by atoms with van der Waals surface area (Å²) in [6.07, 6.45) is 0. The lowest BCUT2D eigenvalue weighted by molar-refractivity contribution is 0.122. The second-order valence-electron chi connectivity index (χ2n) is 6.36. The number of benzene rings is 2. The van der Waals surface area contributed by atoms with Gasteiger partial charge in [0.25, 0.3) is 0 Å². The average Bonchev–Trinajstić information content (AvgIpc) is 2.72. The summed E-state index contributed by atoms with van der Waals surface area (Å²) < 4.78 is 19.7. The molecule has 0 aromatic heterocycles. The molecule has 3 N–H and O–H groups in total. The average molecular weight is 373 g/mol. The molecule has 0 radical (unpaired) electrons. The molecule has 0 aliphatic carbocycles. The zero-order valence-electron chi connectivity index (χ0n) is 15.0. The van der Waals surface area contributed by atoms with Crippen LogP contribution >= 0.6 is 0 Å². The topological polar surface area (TPSA) is 73.8 Å². The normalized spacial score (nSPS) is 15.3. The first-order valence-corrected chi connectivity index (χ1v) is 8.98. The number of urea groups is 1. The number of hydrogen-bond donors (Lipinski definition) is 3. The van der Waals surface area contributed by atoms with Crippen LogP contribution in [0.1, 0.15) is 17.2 Å². The molecule has 6 nitrogen and oxygen atoms in total. The molecule has 27 heavy (non-hydrogen) atoms. The highest BCUT2D eigenvalue weighted by Crippen LogP contribution is 2.21. The van der Waals surface area contributed by atoms with Gasteiger partial charge in [-0.05, 0) is 23.3 Å². The number of morpholine rings is 1. The Morgan fingerprint density at radius 2 is 1.93 bits per heavy atom. The molecule has 2 aromatic carbocycles. The van der Waals surface area contributed by atoms with Gasteiger partial charge < -0.3 is 25.4 Å². The van der Waals surface area contributed by atoms with E-state index in [0.717, 1.165) is 5.56 Å². The number of carbonyl (C=O) groups is 1. The van der Waals surface area contributed by atoms with Gasteiger partial charge in [0, 0.05) is 19.6 Å². The smallest absolute Gasteiger partial charge is 0.315 e. The van der Waals surface area contributed by atoms with Gasteiger partial charge in [0.2, 0.25) is 0 Å². The van der Waals surface area contributed by atoms with Crippen molar-refractivity contribution < 1.29 is 19.0 Å². The fraction of sp³-hybridized carbons (Fsp3) is 0.350. The van der Waals surface area contributed by atoms with Crippen molar-refractivity contribution in [2.45, 2.75) is 12.6 Å².